The molecule has 0 aliphatic carbocycles. The van der Waals surface area contributed by atoms with Crippen LogP contribution in [-0.2, 0) is 4.79 Å². The van der Waals surface area contributed by atoms with E-state index >= 15 is 0 Å². The summed E-state index contributed by atoms with van der Waals surface area (Å²) in [5, 5.41) is 14.1. The minimum Gasteiger partial charge on any atom is -0.327 e. The molecule has 9 heteroatoms. The van der Waals surface area contributed by atoms with Crippen molar-refractivity contribution in [1.82, 2.24) is 4.90 Å². The highest BCUT2D eigenvalue weighted by Gasteiger charge is 2.34. The van der Waals surface area contributed by atoms with Gasteiger partial charge in [0.1, 0.15) is 6.04 Å². The number of carbonyl (C=O) groups is 2. The van der Waals surface area contributed by atoms with Crippen LogP contribution in [0.15, 0.2) is 42.5 Å². The smallest absolute Gasteiger partial charge is 0.271 e. The number of non-ortho nitro benzene ring substituents is 1. The molecule has 3 rings (SSSR count). The van der Waals surface area contributed by atoms with Crippen molar-refractivity contribution in [3.63, 3.8) is 0 Å². The molecule has 0 unspecified atom stereocenters. The Morgan fingerprint density at radius 1 is 1.15 bits per heavy atom. The number of nitro benzene ring substituents is 1. The fraction of sp³-hybridized carbons (Fsp3) is 0.222. The van der Waals surface area contributed by atoms with Gasteiger partial charge in [0.25, 0.3) is 11.6 Å². The van der Waals surface area contributed by atoms with E-state index < -0.39 is 11.0 Å². The molecule has 1 atom stereocenters. The first-order chi connectivity index (χ1) is 12.9. The number of hydrogen-bond donors (Lipinski definition) is 1. The first-order valence-electron chi connectivity index (χ1n) is 8.18. The number of benzene rings is 2. The third kappa shape index (κ3) is 4.20. The van der Waals surface area contributed by atoms with E-state index in [-0.39, 0.29) is 22.5 Å². The van der Waals surface area contributed by atoms with Gasteiger partial charge in [-0.2, -0.15) is 0 Å². The number of hydrogen-bond acceptors (Lipinski definition) is 4. The normalized spacial score (nSPS) is 16.2. The number of halogens is 2. The molecular weight excluding hydrogens is 393 g/mol. The fourth-order valence-electron chi connectivity index (χ4n) is 3.00. The maximum Gasteiger partial charge on any atom is 0.271 e. The van der Waals surface area contributed by atoms with Crippen LogP contribution in [0, 0.1) is 10.1 Å². The van der Waals surface area contributed by atoms with Crippen molar-refractivity contribution in [3.05, 3.63) is 68.2 Å². The molecule has 0 bridgehead atoms. The van der Waals surface area contributed by atoms with Crippen molar-refractivity contribution in [2.75, 3.05) is 11.9 Å². The third-order valence-corrected chi connectivity index (χ3v) is 5.05. The van der Waals surface area contributed by atoms with Gasteiger partial charge in [-0.3, -0.25) is 19.7 Å². The predicted molar refractivity (Wildman–Crippen MR) is 102 cm³/mol. The molecule has 0 spiro atoms. The molecule has 1 saturated heterocycles. The maximum absolute atomic E-state index is 12.8. The average molecular weight is 408 g/mol. The molecule has 2 aromatic rings. The molecular formula is C18H15Cl2N3O4. The summed E-state index contributed by atoms with van der Waals surface area (Å²) in [6, 6.07) is 9.57. The standard InChI is InChI=1S/C18H15Cl2N3O4/c19-14-7-6-11(9-15(14)20)18(25)22-8-2-5-16(22)17(24)21-12-3-1-4-13(10-12)23(26)27/h1,3-4,6-7,9-10,16H,2,5,8H2,(H,21,24)/t16-/m1/s1. The molecule has 140 valence electrons. The molecule has 1 heterocycles. The maximum atomic E-state index is 12.8. The van der Waals surface area contributed by atoms with E-state index in [9.17, 15) is 19.7 Å². The van der Waals surface area contributed by atoms with Crippen LogP contribution in [0.4, 0.5) is 11.4 Å². The van der Waals surface area contributed by atoms with Gasteiger partial charge in [0.15, 0.2) is 0 Å². The van der Waals surface area contributed by atoms with Crippen molar-refractivity contribution in [2.24, 2.45) is 0 Å². The first-order valence-corrected chi connectivity index (χ1v) is 8.94. The zero-order valence-electron chi connectivity index (χ0n) is 14.0. The van der Waals surface area contributed by atoms with E-state index in [1.807, 2.05) is 0 Å². The van der Waals surface area contributed by atoms with Gasteiger partial charge in [-0.1, -0.05) is 29.3 Å². The molecule has 1 N–H and O–H groups in total. The predicted octanol–water partition coefficient (Wildman–Crippen LogP) is 4.14. The van der Waals surface area contributed by atoms with E-state index in [0.29, 0.717) is 35.7 Å². The summed E-state index contributed by atoms with van der Waals surface area (Å²) in [6.45, 7) is 0.437. The Kier molecular flexibility index (Phi) is 5.62. The van der Waals surface area contributed by atoms with Crippen LogP contribution in [0.25, 0.3) is 0 Å². The minimum atomic E-state index is -0.661. The molecule has 27 heavy (non-hydrogen) atoms. The number of carbonyl (C=O) groups excluding carboxylic acids is 2. The Bertz CT molecular complexity index is 919. The Labute approximate surface area is 165 Å². The Balaban J connectivity index is 1.76. The van der Waals surface area contributed by atoms with Gasteiger partial charge in [-0.25, -0.2) is 0 Å². The van der Waals surface area contributed by atoms with Gasteiger partial charge >= 0.3 is 0 Å². The second kappa shape index (κ2) is 7.94. The van der Waals surface area contributed by atoms with Crippen LogP contribution >= 0.6 is 23.2 Å². The van der Waals surface area contributed by atoms with Gasteiger partial charge in [0, 0.05) is 29.9 Å². The summed E-state index contributed by atoms with van der Waals surface area (Å²) in [5.74, 6) is -0.702. The molecule has 0 aromatic heterocycles. The fourth-order valence-corrected chi connectivity index (χ4v) is 3.30. The van der Waals surface area contributed by atoms with Gasteiger partial charge < -0.3 is 10.2 Å². The van der Waals surface area contributed by atoms with Crippen molar-refractivity contribution in [3.8, 4) is 0 Å². The highest BCUT2D eigenvalue weighted by atomic mass is 35.5. The Hall–Kier alpha value is -2.64. The molecule has 0 radical (unpaired) electrons. The largest absolute Gasteiger partial charge is 0.327 e. The quantitative estimate of drug-likeness (QED) is 0.608. The zero-order valence-corrected chi connectivity index (χ0v) is 15.5. The van der Waals surface area contributed by atoms with Crippen LogP contribution in [0.2, 0.25) is 10.0 Å². The summed E-state index contributed by atoms with van der Waals surface area (Å²) >= 11 is 11.9. The summed E-state index contributed by atoms with van der Waals surface area (Å²) in [5.41, 5.74) is 0.533. The lowest BCUT2D eigenvalue weighted by Crippen LogP contribution is -2.43. The van der Waals surface area contributed by atoms with Crippen molar-refractivity contribution in [1.29, 1.82) is 0 Å². The lowest BCUT2D eigenvalue weighted by Gasteiger charge is -2.24. The second-order valence-corrected chi connectivity index (χ2v) is 6.90. The summed E-state index contributed by atoms with van der Waals surface area (Å²) in [4.78, 5) is 37.2. The molecule has 1 aliphatic rings. The van der Waals surface area contributed by atoms with E-state index in [1.54, 1.807) is 12.1 Å². The topological polar surface area (TPSA) is 92.5 Å². The SMILES string of the molecule is O=C(Nc1cccc([N+](=O)[O-])c1)[C@H]1CCCN1C(=O)c1ccc(Cl)c(Cl)c1. The average Bonchev–Trinajstić information content (AvgIpc) is 3.13. The van der Waals surface area contributed by atoms with Gasteiger partial charge in [0.05, 0.1) is 15.0 Å². The minimum absolute atomic E-state index is 0.122. The number of nitro groups is 1. The summed E-state index contributed by atoms with van der Waals surface area (Å²) in [6.07, 6.45) is 1.19. The Morgan fingerprint density at radius 2 is 1.93 bits per heavy atom. The molecule has 1 aliphatic heterocycles. The highest BCUT2D eigenvalue weighted by molar-refractivity contribution is 6.42. The van der Waals surface area contributed by atoms with Gasteiger partial charge in [-0.05, 0) is 37.1 Å². The third-order valence-electron chi connectivity index (χ3n) is 4.31. The number of amides is 2. The highest BCUT2D eigenvalue weighted by Crippen LogP contribution is 2.26. The summed E-state index contributed by atoms with van der Waals surface area (Å²) < 4.78 is 0. The van der Waals surface area contributed by atoms with Crippen molar-refractivity contribution in [2.45, 2.75) is 18.9 Å². The van der Waals surface area contributed by atoms with Crippen molar-refractivity contribution < 1.29 is 14.5 Å². The molecule has 2 aromatic carbocycles. The van der Waals surface area contributed by atoms with Crippen LogP contribution in [0.1, 0.15) is 23.2 Å². The van der Waals surface area contributed by atoms with Gasteiger partial charge in [0.2, 0.25) is 5.91 Å². The van der Waals surface area contributed by atoms with Crippen LogP contribution in [-0.4, -0.2) is 34.2 Å². The number of nitrogens with zero attached hydrogens (tertiary/aromatic N) is 2. The number of anilines is 1. The Morgan fingerprint density at radius 3 is 2.63 bits per heavy atom. The monoisotopic (exact) mass is 407 g/mol. The van der Waals surface area contributed by atoms with Crippen LogP contribution < -0.4 is 5.32 Å². The molecule has 7 nitrogen and oxygen atoms in total. The van der Waals surface area contributed by atoms with E-state index in [2.05, 4.69) is 5.32 Å². The van der Waals surface area contributed by atoms with E-state index in [4.69, 9.17) is 23.2 Å². The summed E-state index contributed by atoms with van der Waals surface area (Å²) in [7, 11) is 0. The lowest BCUT2D eigenvalue weighted by molar-refractivity contribution is -0.384. The molecule has 1 fully saturated rings. The van der Waals surface area contributed by atoms with Crippen LogP contribution in [0.3, 0.4) is 0 Å². The lowest BCUT2D eigenvalue weighted by atomic mass is 10.1. The van der Waals surface area contributed by atoms with Crippen LogP contribution in [0.5, 0.6) is 0 Å². The number of likely N-dealkylation sites (tertiary alicyclic amines) is 1. The first kappa shape index (κ1) is 19.1. The van der Waals surface area contributed by atoms with E-state index in [0.717, 1.165) is 0 Å². The van der Waals surface area contributed by atoms with Gasteiger partial charge in [-0.15, -0.1) is 0 Å². The molecule has 0 saturated carbocycles. The number of nitrogens with one attached hydrogen (secondary N) is 1. The second-order valence-electron chi connectivity index (χ2n) is 6.08. The number of rotatable bonds is 4. The van der Waals surface area contributed by atoms with E-state index in [1.165, 1.54) is 35.2 Å². The molecule has 2 amide bonds. The van der Waals surface area contributed by atoms with Crippen molar-refractivity contribution >= 4 is 46.4 Å². The zero-order chi connectivity index (χ0) is 19.6.